The minimum Gasteiger partial charge on any atom is -0.396 e. The molecule has 3 aromatic rings. The van der Waals surface area contributed by atoms with E-state index < -0.39 is 0 Å². The van der Waals surface area contributed by atoms with Gasteiger partial charge in [-0.2, -0.15) is 0 Å². The summed E-state index contributed by atoms with van der Waals surface area (Å²) in [6, 6.07) is 9.45. The van der Waals surface area contributed by atoms with E-state index in [4.69, 9.17) is 0 Å². The Morgan fingerprint density at radius 1 is 1.19 bits per heavy atom. The highest BCUT2D eigenvalue weighted by Crippen LogP contribution is 2.16. The van der Waals surface area contributed by atoms with Gasteiger partial charge in [-0.25, -0.2) is 9.97 Å². The molecule has 0 fully saturated rings. The quantitative estimate of drug-likeness (QED) is 0.592. The Morgan fingerprint density at radius 3 is 2.67 bits per heavy atom. The number of aromatic nitrogens is 4. The molecule has 0 aliphatic carbocycles. The summed E-state index contributed by atoms with van der Waals surface area (Å²) in [5.41, 5.74) is 2.88. The van der Waals surface area contributed by atoms with Crippen LogP contribution in [-0.2, 0) is 6.42 Å². The highest BCUT2D eigenvalue weighted by atomic mass is 16.3. The van der Waals surface area contributed by atoms with Gasteiger partial charge in [-0.05, 0) is 44.5 Å². The van der Waals surface area contributed by atoms with Crippen molar-refractivity contribution in [1.82, 2.24) is 19.9 Å². The lowest BCUT2D eigenvalue weighted by molar-refractivity contribution is 0.232. The van der Waals surface area contributed by atoms with Crippen LogP contribution in [0, 0.1) is 19.8 Å². The van der Waals surface area contributed by atoms with E-state index in [1.54, 1.807) is 19.3 Å². The molecule has 3 rings (SSSR count). The van der Waals surface area contributed by atoms with Crippen molar-refractivity contribution in [1.29, 1.82) is 0 Å². The molecule has 0 amide bonds. The highest BCUT2D eigenvalue weighted by Gasteiger charge is 2.10. The number of pyridine rings is 2. The Morgan fingerprint density at radius 2 is 2.04 bits per heavy atom. The van der Waals surface area contributed by atoms with Crippen LogP contribution in [0.3, 0.4) is 0 Å². The van der Waals surface area contributed by atoms with E-state index >= 15 is 0 Å². The molecule has 0 radical (unpaired) electrons. The fourth-order valence-electron chi connectivity index (χ4n) is 2.69. The third-order valence-corrected chi connectivity index (χ3v) is 4.49. The molecule has 0 aliphatic heterocycles. The number of hydrogen-bond acceptors (Lipinski definition) is 6. The molecule has 0 aromatic carbocycles. The maximum Gasteiger partial charge on any atom is 0.254 e. The lowest BCUT2D eigenvalue weighted by atomic mass is 10.0. The number of aliphatic hydroxyl groups excluding tert-OH is 1. The Bertz CT molecular complexity index is 939. The van der Waals surface area contributed by atoms with Crippen LogP contribution in [0.5, 0.6) is 0 Å². The molecule has 27 heavy (non-hydrogen) atoms. The van der Waals surface area contributed by atoms with Gasteiger partial charge in [-0.3, -0.25) is 9.78 Å². The predicted molar refractivity (Wildman–Crippen MR) is 105 cm³/mol. The molecular formula is C20H23N5O2. The summed E-state index contributed by atoms with van der Waals surface area (Å²) in [4.78, 5) is 27.8. The van der Waals surface area contributed by atoms with E-state index in [0.717, 1.165) is 11.3 Å². The molecule has 7 nitrogen and oxygen atoms in total. The molecule has 0 saturated heterocycles. The third kappa shape index (κ3) is 4.77. The zero-order valence-corrected chi connectivity index (χ0v) is 15.4. The molecule has 3 N–H and O–H groups in total. The van der Waals surface area contributed by atoms with Gasteiger partial charge in [0.2, 0.25) is 0 Å². The van der Waals surface area contributed by atoms with Crippen LogP contribution in [0.25, 0.3) is 11.4 Å². The molecule has 1 unspecified atom stereocenters. The van der Waals surface area contributed by atoms with Gasteiger partial charge in [0.1, 0.15) is 11.6 Å². The number of aryl methyl sites for hydroxylation is 1. The van der Waals surface area contributed by atoms with Gasteiger partial charge in [0.15, 0.2) is 0 Å². The zero-order valence-electron chi connectivity index (χ0n) is 15.4. The molecule has 3 aromatic heterocycles. The van der Waals surface area contributed by atoms with E-state index in [1.807, 2.05) is 37.3 Å². The summed E-state index contributed by atoms with van der Waals surface area (Å²) in [5, 5.41) is 12.8. The van der Waals surface area contributed by atoms with Crippen LogP contribution in [0.4, 0.5) is 5.82 Å². The topological polar surface area (TPSA) is 104 Å². The number of H-pyrrole nitrogens is 1. The molecule has 0 bridgehead atoms. The van der Waals surface area contributed by atoms with Gasteiger partial charge in [-0.15, -0.1) is 0 Å². The zero-order chi connectivity index (χ0) is 19.2. The minimum absolute atomic E-state index is 0.0409. The average Bonchev–Trinajstić information content (AvgIpc) is 2.70. The SMILES string of the molecule is Cc1nc(-c2ccc(NCC(CO)Cc3ccccn3)nc2)[nH]c(=O)c1C. The van der Waals surface area contributed by atoms with Crippen molar-refractivity contribution >= 4 is 5.82 Å². The van der Waals surface area contributed by atoms with E-state index in [1.165, 1.54) is 0 Å². The van der Waals surface area contributed by atoms with Crippen molar-refractivity contribution in [2.75, 3.05) is 18.5 Å². The molecule has 7 heteroatoms. The van der Waals surface area contributed by atoms with Gasteiger partial charge >= 0.3 is 0 Å². The lowest BCUT2D eigenvalue weighted by Gasteiger charge is -2.15. The Kier molecular flexibility index (Phi) is 5.93. The van der Waals surface area contributed by atoms with Crippen molar-refractivity contribution in [3.8, 4) is 11.4 Å². The van der Waals surface area contributed by atoms with Gasteiger partial charge in [0.25, 0.3) is 5.56 Å². The van der Waals surface area contributed by atoms with E-state index in [2.05, 4.69) is 25.3 Å². The number of hydrogen-bond donors (Lipinski definition) is 3. The first-order valence-electron chi connectivity index (χ1n) is 8.85. The largest absolute Gasteiger partial charge is 0.396 e. The first kappa shape index (κ1) is 18.7. The van der Waals surface area contributed by atoms with E-state index in [9.17, 15) is 9.90 Å². The van der Waals surface area contributed by atoms with Crippen LogP contribution >= 0.6 is 0 Å². The van der Waals surface area contributed by atoms with Crippen molar-refractivity contribution in [2.24, 2.45) is 5.92 Å². The second-order valence-electron chi connectivity index (χ2n) is 6.51. The first-order valence-corrected chi connectivity index (χ1v) is 8.85. The average molecular weight is 365 g/mol. The summed E-state index contributed by atoms with van der Waals surface area (Å²) in [7, 11) is 0. The third-order valence-electron chi connectivity index (χ3n) is 4.49. The van der Waals surface area contributed by atoms with Crippen LogP contribution < -0.4 is 10.9 Å². The molecule has 0 saturated carbocycles. The van der Waals surface area contributed by atoms with Crippen LogP contribution in [0.2, 0.25) is 0 Å². The van der Waals surface area contributed by atoms with Crippen molar-refractivity contribution in [3.05, 3.63) is 70.0 Å². The van der Waals surface area contributed by atoms with E-state index in [-0.39, 0.29) is 18.1 Å². The summed E-state index contributed by atoms with van der Waals surface area (Å²) >= 11 is 0. The van der Waals surface area contributed by atoms with Crippen molar-refractivity contribution in [3.63, 3.8) is 0 Å². The standard InChI is InChI=1S/C20H23N5O2/c1-13-14(2)24-19(25-20(13)27)16-6-7-18(23-11-16)22-10-15(12-26)9-17-5-3-4-8-21-17/h3-8,11,15,26H,9-10,12H2,1-2H3,(H,22,23)(H,24,25,27). The molecular weight excluding hydrogens is 342 g/mol. The smallest absolute Gasteiger partial charge is 0.254 e. The van der Waals surface area contributed by atoms with Crippen LogP contribution in [0.1, 0.15) is 17.0 Å². The molecule has 140 valence electrons. The molecule has 3 heterocycles. The number of aromatic amines is 1. The molecule has 0 spiro atoms. The Hall–Kier alpha value is -3.06. The summed E-state index contributed by atoms with van der Waals surface area (Å²) < 4.78 is 0. The number of anilines is 1. The number of nitrogens with zero attached hydrogens (tertiary/aromatic N) is 3. The predicted octanol–water partition coefficient (Wildman–Crippen LogP) is 2.11. The summed E-state index contributed by atoms with van der Waals surface area (Å²) in [6.07, 6.45) is 4.11. The minimum atomic E-state index is -0.139. The van der Waals surface area contributed by atoms with Gasteiger partial charge < -0.3 is 15.4 Å². The van der Waals surface area contributed by atoms with Crippen molar-refractivity contribution in [2.45, 2.75) is 20.3 Å². The Balaban J connectivity index is 1.64. The maximum atomic E-state index is 11.9. The van der Waals surface area contributed by atoms with Crippen molar-refractivity contribution < 1.29 is 5.11 Å². The molecule has 1 atom stereocenters. The van der Waals surface area contributed by atoms with E-state index in [0.29, 0.717) is 35.9 Å². The fraction of sp³-hybridized carbons (Fsp3) is 0.300. The van der Waals surface area contributed by atoms with Crippen LogP contribution in [-0.4, -0.2) is 38.2 Å². The normalized spacial score (nSPS) is 12.0. The number of nitrogens with one attached hydrogen (secondary N) is 2. The fourth-order valence-corrected chi connectivity index (χ4v) is 2.69. The number of rotatable bonds is 7. The van der Waals surface area contributed by atoms with Gasteiger partial charge in [-0.1, -0.05) is 6.07 Å². The monoisotopic (exact) mass is 365 g/mol. The number of aliphatic hydroxyl groups is 1. The second-order valence-corrected chi connectivity index (χ2v) is 6.51. The Labute approximate surface area is 157 Å². The van der Waals surface area contributed by atoms with Gasteiger partial charge in [0, 0.05) is 54.0 Å². The van der Waals surface area contributed by atoms with Gasteiger partial charge in [0.05, 0.1) is 0 Å². The van der Waals surface area contributed by atoms with Crippen LogP contribution in [0.15, 0.2) is 47.5 Å². The summed E-state index contributed by atoms with van der Waals surface area (Å²) in [6.45, 7) is 4.21. The lowest BCUT2D eigenvalue weighted by Crippen LogP contribution is -2.21. The maximum absolute atomic E-state index is 11.9. The molecule has 0 aliphatic rings. The highest BCUT2D eigenvalue weighted by molar-refractivity contribution is 5.56. The summed E-state index contributed by atoms with van der Waals surface area (Å²) in [5.74, 6) is 1.24. The second kappa shape index (κ2) is 8.55. The first-order chi connectivity index (χ1) is 13.1.